The maximum Gasteiger partial charge on any atom is 0.0997 e. The predicted molar refractivity (Wildman–Crippen MR) is 56.5 cm³/mol. The van der Waals surface area contributed by atoms with Gasteiger partial charge in [0.05, 0.1) is 12.4 Å². The van der Waals surface area contributed by atoms with E-state index in [0.717, 1.165) is 19.4 Å². The summed E-state index contributed by atoms with van der Waals surface area (Å²) in [7, 11) is 0. The molecule has 74 valence electrons. The Morgan fingerprint density at radius 1 is 1.46 bits per heavy atom. The average Bonchev–Trinajstić information content (AvgIpc) is 2.10. The molecule has 1 nitrogen and oxygen atoms in total. The van der Waals surface area contributed by atoms with Crippen LogP contribution in [0.4, 0.5) is 0 Å². The second kappa shape index (κ2) is 5.11. The lowest BCUT2D eigenvalue weighted by Gasteiger charge is -2.19. The first-order valence-corrected chi connectivity index (χ1v) is 5.31. The fourth-order valence-corrected chi connectivity index (χ4v) is 1.68. The van der Waals surface area contributed by atoms with Gasteiger partial charge in [0.1, 0.15) is 0 Å². The molecule has 13 heavy (non-hydrogen) atoms. The van der Waals surface area contributed by atoms with Crippen molar-refractivity contribution in [3.63, 3.8) is 0 Å². The monoisotopic (exact) mass is 180 g/mol. The van der Waals surface area contributed by atoms with Gasteiger partial charge in [-0.2, -0.15) is 0 Å². The van der Waals surface area contributed by atoms with Crippen LogP contribution in [0.1, 0.15) is 40.0 Å². The second-order valence-corrected chi connectivity index (χ2v) is 3.67. The van der Waals surface area contributed by atoms with Crippen LogP contribution in [0.2, 0.25) is 0 Å². The Bertz CT molecular complexity index is 213. The minimum Gasteiger partial charge on any atom is -0.498 e. The number of ether oxygens (including phenoxy) is 1. The molecule has 0 radical (unpaired) electrons. The van der Waals surface area contributed by atoms with Crippen LogP contribution in [-0.2, 0) is 4.74 Å². The number of hydrogen-bond acceptors (Lipinski definition) is 1. The zero-order chi connectivity index (χ0) is 9.68. The molecule has 1 rings (SSSR count). The zero-order valence-corrected chi connectivity index (χ0v) is 8.97. The molecule has 1 heteroatoms. The Hall–Kier alpha value is -0.720. The highest BCUT2D eigenvalue weighted by atomic mass is 16.5. The summed E-state index contributed by atoms with van der Waals surface area (Å²) in [4.78, 5) is 0. The van der Waals surface area contributed by atoms with Gasteiger partial charge in [-0.25, -0.2) is 0 Å². The minimum atomic E-state index is 0.641. The minimum absolute atomic E-state index is 0.641. The van der Waals surface area contributed by atoms with Crippen molar-refractivity contribution < 1.29 is 4.74 Å². The van der Waals surface area contributed by atoms with Crippen molar-refractivity contribution in [1.29, 1.82) is 0 Å². The van der Waals surface area contributed by atoms with E-state index in [0.29, 0.717) is 5.92 Å². The molecule has 0 N–H and O–H groups in total. The second-order valence-electron chi connectivity index (χ2n) is 3.67. The molecule has 0 heterocycles. The molecular weight excluding hydrogens is 160 g/mol. The molecule has 0 bridgehead atoms. The van der Waals surface area contributed by atoms with E-state index in [-0.39, 0.29) is 0 Å². The van der Waals surface area contributed by atoms with E-state index < -0.39 is 0 Å². The van der Waals surface area contributed by atoms with Crippen molar-refractivity contribution in [2.75, 3.05) is 6.61 Å². The van der Waals surface area contributed by atoms with Crippen LogP contribution >= 0.6 is 0 Å². The molecule has 0 aromatic rings. The van der Waals surface area contributed by atoms with E-state index in [4.69, 9.17) is 4.74 Å². The van der Waals surface area contributed by atoms with Crippen LogP contribution < -0.4 is 0 Å². The first kappa shape index (κ1) is 10.4. The summed E-state index contributed by atoms with van der Waals surface area (Å²) in [6.45, 7) is 7.29. The van der Waals surface area contributed by atoms with E-state index in [2.05, 4.69) is 32.9 Å². The average molecular weight is 180 g/mol. The number of allylic oxidation sites excluding steroid dienone is 4. The van der Waals surface area contributed by atoms with E-state index in [1.54, 1.807) is 0 Å². The van der Waals surface area contributed by atoms with Crippen molar-refractivity contribution in [2.45, 2.75) is 40.0 Å². The smallest absolute Gasteiger partial charge is 0.0997 e. The topological polar surface area (TPSA) is 9.23 Å². The highest BCUT2D eigenvalue weighted by Crippen LogP contribution is 2.26. The van der Waals surface area contributed by atoms with Gasteiger partial charge in [-0.3, -0.25) is 0 Å². The molecule has 1 aliphatic carbocycles. The van der Waals surface area contributed by atoms with Crippen molar-refractivity contribution in [2.24, 2.45) is 5.92 Å². The van der Waals surface area contributed by atoms with E-state index >= 15 is 0 Å². The third kappa shape index (κ3) is 2.91. The summed E-state index contributed by atoms with van der Waals surface area (Å²) in [5.74, 6) is 1.86. The van der Waals surface area contributed by atoms with E-state index in [1.807, 2.05) is 0 Å². The first-order chi connectivity index (χ1) is 6.27. The van der Waals surface area contributed by atoms with Crippen molar-refractivity contribution >= 4 is 0 Å². The normalized spacial score (nSPS) is 22.2. The fraction of sp³-hybridized carbons (Fsp3) is 0.667. The Balaban J connectivity index is 2.69. The molecule has 0 saturated heterocycles. The summed E-state index contributed by atoms with van der Waals surface area (Å²) in [5, 5.41) is 0. The lowest BCUT2D eigenvalue weighted by atomic mass is 9.94. The quantitative estimate of drug-likeness (QED) is 0.641. The number of rotatable bonds is 4. The Kier molecular flexibility index (Phi) is 4.07. The standard InChI is InChI=1S/C12H20O/c1-4-6-11-8-7-10(3)9-12(11)13-5-2/h7-8,10H,4-6,9H2,1-3H3. The molecule has 0 aromatic heterocycles. The third-order valence-electron chi connectivity index (χ3n) is 2.33. The van der Waals surface area contributed by atoms with Gasteiger partial charge in [-0.15, -0.1) is 0 Å². The van der Waals surface area contributed by atoms with Crippen LogP contribution in [-0.4, -0.2) is 6.61 Å². The van der Waals surface area contributed by atoms with E-state index in [9.17, 15) is 0 Å². The first-order valence-electron chi connectivity index (χ1n) is 5.31. The maximum absolute atomic E-state index is 5.65. The highest BCUT2D eigenvalue weighted by molar-refractivity contribution is 5.27. The maximum atomic E-state index is 5.65. The zero-order valence-electron chi connectivity index (χ0n) is 8.97. The van der Waals surface area contributed by atoms with Gasteiger partial charge in [0.2, 0.25) is 0 Å². The molecule has 0 spiro atoms. The molecule has 0 saturated carbocycles. The van der Waals surface area contributed by atoms with Gasteiger partial charge in [-0.1, -0.05) is 32.4 Å². The van der Waals surface area contributed by atoms with Gasteiger partial charge >= 0.3 is 0 Å². The Labute approximate surface area is 81.5 Å². The van der Waals surface area contributed by atoms with Crippen LogP contribution in [0, 0.1) is 5.92 Å². The molecule has 0 fully saturated rings. The van der Waals surface area contributed by atoms with Crippen molar-refractivity contribution in [3.05, 3.63) is 23.5 Å². The summed E-state index contributed by atoms with van der Waals surface area (Å²) in [6.07, 6.45) is 7.96. The van der Waals surface area contributed by atoms with Gasteiger partial charge in [0, 0.05) is 6.42 Å². The van der Waals surface area contributed by atoms with Gasteiger partial charge < -0.3 is 4.74 Å². The number of hydrogen-bond donors (Lipinski definition) is 0. The third-order valence-corrected chi connectivity index (χ3v) is 2.33. The SMILES string of the molecule is CCCC1=C(OCC)CC(C)C=C1. The highest BCUT2D eigenvalue weighted by Gasteiger charge is 2.13. The van der Waals surface area contributed by atoms with E-state index in [1.165, 1.54) is 17.8 Å². The van der Waals surface area contributed by atoms with Gasteiger partial charge in [-0.05, 0) is 24.8 Å². The largest absolute Gasteiger partial charge is 0.498 e. The van der Waals surface area contributed by atoms with Crippen LogP contribution in [0.3, 0.4) is 0 Å². The summed E-state index contributed by atoms with van der Waals surface area (Å²) in [5.41, 5.74) is 1.41. The van der Waals surface area contributed by atoms with Gasteiger partial charge in [0.25, 0.3) is 0 Å². The predicted octanol–water partition coefficient (Wildman–Crippen LogP) is 3.67. The summed E-state index contributed by atoms with van der Waals surface area (Å²) >= 11 is 0. The fourth-order valence-electron chi connectivity index (χ4n) is 1.68. The van der Waals surface area contributed by atoms with Crippen LogP contribution in [0.5, 0.6) is 0 Å². The molecular formula is C12H20O. The van der Waals surface area contributed by atoms with Crippen LogP contribution in [0.25, 0.3) is 0 Å². The Morgan fingerprint density at radius 3 is 2.85 bits per heavy atom. The van der Waals surface area contributed by atoms with Gasteiger partial charge in [0.15, 0.2) is 0 Å². The lowest BCUT2D eigenvalue weighted by Crippen LogP contribution is -2.05. The molecule has 0 aromatic carbocycles. The summed E-state index contributed by atoms with van der Waals surface area (Å²) < 4.78 is 5.65. The van der Waals surface area contributed by atoms with Crippen molar-refractivity contribution in [1.82, 2.24) is 0 Å². The molecule has 1 atom stereocenters. The molecule has 1 unspecified atom stereocenters. The molecule has 1 aliphatic rings. The molecule has 0 aliphatic heterocycles. The molecule has 0 amide bonds. The Morgan fingerprint density at radius 2 is 2.23 bits per heavy atom. The van der Waals surface area contributed by atoms with Crippen molar-refractivity contribution in [3.8, 4) is 0 Å². The summed E-state index contributed by atoms with van der Waals surface area (Å²) in [6, 6.07) is 0. The van der Waals surface area contributed by atoms with Crippen LogP contribution in [0.15, 0.2) is 23.5 Å². The lowest BCUT2D eigenvalue weighted by molar-refractivity contribution is 0.207.